The zero-order valence-corrected chi connectivity index (χ0v) is 10.9. The molecule has 5 heteroatoms. The molecule has 0 unspecified atom stereocenters. The fourth-order valence-electron chi connectivity index (χ4n) is 2.32. The predicted molar refractivity (Wildman–Crippen MR) is 76.6 cm³/mol. The van der Waals surface area contributed by atoms with Crippen molar-refractivity contribution in [1.82, 2.24) is 4.98 Å². The zero-order valence-electron chi connectivity index (χ0n) is 10.9. The molecular weight excluding hydrogens is 277 g/mol. The smallest absolute Gasteiger partial charge is 0.398 e. The van der Waals surface area contributed by atoms with E-state index in [-0.39, 0.29) is 5.69 Å². The van der Waals surface area contributed by atoms with Crippen molar-refractivity contribution in [1.29, 1.82) is 0 Å². The largest absolute Gasteiger partial charge is 0.416 e. The molecule has 0 atom stereocenters. The van der Waals surface area contributed by atoms with Crippen LogP contribution < -0.4 is 5.73 Å². The summed E-state index contributed by atoms with van der Waals surface area (Å²) in [6.07, 6.45) is -1.08. The normalized spacial score (nSPS) is 11.8. The summed E-state index contributed by atoms with van der Waals surface area (Å²) in [5.41, 5.74) is 6.42. The summed E-state index contributed by atoms with van der Waals surface area (Å²) >= 11 is 0. The van der Waals surface area contributed by atoms with Gasteiger partial charge in [0.25, 0.3) is 0 Å². The minimum Gasteiger partial charge on any atom is -0.398 e. The van der Waals surface area contributed by atoms with Crippen LogP contribution >= 0.6 is 0 Å². The number of pyridine rings is 1. The monoisotopic (exact) mass is 288 g/mol. The Labute approximate surface area is 119 Å². The lowest BCUT2D eigenvalue weighted by Crippen LogP contribution is -2.06. The Bertz CT molecular complexity index is 805. The Morgan fingerprint density at radius 1 is 0.905 bits per heavy atom. The highest BCUT2D eigenvalue weighted by atomic mass is 19.4. The molecule has 1 aromatic heterocycles. The first-order valence-electron chi connectivity index (χ1n) is 6.26. The summed E-state index contributed by atoms with van der Waals surface area (Å²) in [5.74, 6) is 0. The van der Waals surface area contributed by atoms with Crippen LogP contribution in [0.5, 0.6) is 0 Å². The zero-order chi connectivity index (χ0) is 15.0. The Morgan fingerprint density at radius 2 is 1.67 bits per heavy atom. The van der Waals surface area contributed by atoms with Crippen LogP contribution in [0.25, 0.3) is 21.9 Å². The third-order valence-electron chi connectivity index (χ3n) is 3.34. The molecule has 0 spiro atoms. The molecule has 2 N–H and O–H groups in total. The van der Waals surface area contributed by atoms with Gasteiger partial charge >= 0.3 is 6.18 Å². The number of rotatable bonds is 1. The standard InChI is InChI=1S/C16H11F3N2/c17-16(18,19)11-5-6-13(15(20)7-11)14-9-21-8-10-3-1-2-4-12(10)14/h1-9H,20H2. The van der Waals surface area contributed by atoms with Crippen molar-refractivity contribution in [2.45, 2.75) is 6.18 Å². The van der Waals surface area contributed by atoms with Crippen LogP contribution in [0.15, 0.2) is 54.9 Å². The highest BCUT2D eigenvalue weighted by molar-refractivity contribution is 5.98. The molecule has 0 saturated carbocycles. The third kappa shape index (κ3) is 2.42. The summed E-state index contributed by atoms with van der Waals surface area (Å²) in [5, 5.41) is 1.81. The highest BCUT2D eigenvalue weighted by Crippen LogP contribution is 2.36. The van der Waals surface area contributed by atoms with Crippen molar-refractivity contribution in [3.63, 3.8) is 0 Å². The minimum absolute atomic E-state index is 0.0861. The Hall–Kier alpha value is -2.56. The molecule has 106 valence electrons. The molecule has 1 heterocycles. The fraction of sp³-hybridized carbons (Fsp3) is 0.0625. The first kappa shape index (κ1) is 13.4. The average molecular weight is 288 g/mol. The minimum atomic E-state index is -4.40. The second-order valence-corrected chi connectivity index (χ2v) is 4.71. The number of anilines is 1. The van der Waals surface area contributed by atoms with Gasteiger partial charge < -0.3 is 5.73 Å². The molecule has 0 fully saturated rings. The van der Waals surface area contributed by atoms with Crippen molar-refractivity contribution in [3.8, 4) is 11.1 Å². The van der Waals surface area contributed by atoms with E-state index in [4.69, 9.17) is 5.73 Å². The molecule has 2 aromatic carbocycles. The van der Waals surface area contributed by atoms with E-state index in [1.54, 1.807) is 12.4 Å². The van der Waals surface area contributed by atoms with Crippen LogP contribution in [0.4, 0.5) is 18.9 Å². The van der Waals surface area contributed by atoms with Gasteiger partial charge in [-0.05, 0) is 17.5 Å². The number of halogens is 3. The van der Waals surface area contributed by atoms with Gasteiger partial charge in [-0.2, -0.15) is 13.2 Å². The molecule has 0 saturated heterocycles. The van der Waals surface area contributed by atoms with E-state index in [1.807, 2.05) is 24.3 Å². The Morgan fingerprint density at radius 3 is 2.38 bits per heavy atom. The maximum absolute atomic E-state index is 12.7. The number of alkyl halides is 3. The van der Waals surface area contributed by atoms with Crippen LogP contribution in [-0.2, 0) is 6.18 Å². The summed E-state index contributed by atoms with van der Waals surface area (Å²) in [4.78, 5) is 4.12. The van der Waals surface area contributed by atoms with E-state index in [9.17, 15) is 13.2 Å². The van der Waals surface area contributed by atoms with Crippen LogP contribution in [0.3, 0.4) is 0 Å². The summed E-state index contributed by atoms with van der Waals surface area (Å²) < 4.78 is 38.1. The lowest BCUT2D eigenvalue weighted by molar-refractivity contribution is -0.137. The molecule has 0 aliphatic rings. The molecular formula is C16H11F3N2. The van der Waals surface area contributed by atoms with Gasteiger partial charge in [-0.3, -0.25) is 4.98 Å². The van der Waals surface area contributed by atoms with E-state index in [0.717, 1.165) is 28.5 Å². The van der Waals surface area contributed by atoms with Gasteiger partial charge in [0.05, 0.1) is 5.56 Å². The van der Waals surface area contributed by atoms with E-state index in [1.165, 1.54) is 6.07 Å². The van der Waals surface area contributed by atoms with Crippen LogP contribution in [0, 0.1) is 0 Å². The SMILES string of the molecule is Nc1cc(C(F)(F)F)ccc1-c1cncc2ccccc12. The highest BCUT2D eigenvalue weighted by Gasteiger charge is 2.30. The number of hydrogen-bond donors (Lipinski definition) is 1. The topological polar surface area (TPSA) is 38.9 Å². The van der Waals surface area contributed by atoms with E-state index in [0.29, 0.717) is 5.56 Å². The third-order valence-corrected chi connectivity index (χ3v) is 3.34. The molecule has 0 aliphatic heterocycles. The van der Waals surface area contributed by atoms with Gasteiger partial charge in [-0.1, -0.05) is 30.3 Å². The molecule has 0 amide bonds. The Kier molecular flexibility index (Phi) is 3.05. The number of benzene rings is 2. The number of nitrogen functional groups attached to an aromatic ring is 1. The van der Waals surface area contributed by atoms with Crippen LogP contribution in [0.2, 0.25) is 0 Å². The first-order valence-corrected chi connectivity index (χ1v) is 6.26. The fourth-order valence-corrected chi connectivity index (χ4v) is 2.32. The summed E-state index contributed by atoms with van der Waals surface area (Å²) in [6.45, 7) is 0. The van der Waals surface area contributed by atoms with Crippen molar-refractivity contribution in [3.05, 3.63) is 60.4 Å². The van der Waals surface area contributed by atoms with Gasteiger partial charge in [0.1, 0.15) is 0 Å². The molecule has 0 aliphatic carbocycles. The quantitative estimate of drug-likeness (QED) is 0.669. The van der Waals surface area contributed by atoms with E-state index < -0.39 is 11.7 Å². The average Bonchev–Trinajstić information content (AvgIpc) is 2.46. The van der Waals surface area contributed by atoms with Gasteiger partial charge in [0, 0.05) is 34.6 Å². The lowest BCUT2D eigenvalue weighted by atomic mass is 9.98. The number of fused-ring (bicyclic) bond motifs is 1. The lowest BCUT2D eigenvalue weighted by Gasteiger charge is -2.12. The van der Waals surface area contributed by atoms with Crippen molar-refractivity contribution >= 4 is 16.5 Å². The van der Waals surface area contributed by atoms with Crippen LogP contribution in [0.1, 0.15) is 5.56 Å². The second kappa shape index (κ2) is 4.77. The number of nitrogens with two attached hydrogens (primary N) is 1. The molecule has 0 radical (unpaired) electrons. The molecule has 21 heavy (non-hydrogen) atoms. The Balaban J connectivity index is 2.20. The first-order chi connectivity index (χ1) is 9.97. The summed E-state index contributed by atoms with van der Waals surface area (Å²) in [7, 11) is 0. The van der Waals surface area contributed by atoms with Gasteiger partial charge in [0.2, 0.25) is 0 Å². The number of nitrogens with zero attached hydrogens (tertiary/aromatic N) is 1. The molecule has 3 aromatic rings. The molecule has 0 bridgehead atoms. The van der Waals surface area contributed by atoms with Crippen LogP contribution in [-0.4, -0.2) is 4.98 Å². The van der Waals surface area contributed by atoms with E-state index in [2.05, 4.69) is 4.98 Å². The van der Waals surface area contributed by atoms with Crippen molar-refractivity contribution in [2.75, 3.05) is 5.73 Å². The van der Waals surface area contributed by atoms with Gasteiger partial charge in [-0.15, -0.1) is 0 Å². The summed E-state index contributed by atoms with van der Waals surface area (Å²) in [6, 6.07) is 10.9. The maximum atomic E-state index is 12.7. The van der Waals surface area contributed by atoms with Gasteiger partial charge in [-0.25, -0.2) is 0 Å². The maximum Gasteiger partial charge on any atom is 0.416 e. The second-order valence-electron chi connectivity index (χ2n) is 4.71. The van der Waals surface area contributed by atoms with Crippen molar-refractivity contribution < 1.29 is 13.2 Å². The molecule has 2 nitrogen and oxygen atoms in total. The predicted octanol–water partition coefficient (Wildman–Crippen LogP) is 4.50. The van der Waals surface area contributed by atoms with Gasteiger partial charge in [0.15, 0.2) is 0 Å². The number of aromatic nitrogens is 1. The van der Waals surface area contributed by atoms with E-state index >= 15 is 0 Å². The van der Waals surface area contributed by atoms with Crippen molar-refractivity contribution in [2.24, 2.45) is 0 Å². The molecule has 3 rings (SSSR count). The number of hydrogen-bond acceptors (Lipinski definition) is 2.